The van der Waals surface area contributed by atoms with Crippen LogP contribution in [0.2, 0.25) is 0 Å². The smallest absolute Gasteiger partial charge is 0.251 e. The quantitative estimate of drug-likeness (QED) is 0.618. The highest BCUT2D eigenvalue weighted by molar-refractivity contribution is 5.95. The molecule has 3 N–H and O–H groups in total. The van der Waals surface area contributed by atoms with E-state index in [1.807, 2.05) is 30.5 Å². The van der Waals surface area contributed by atoms with Crippen molar-refractivity contribution in [2.75, 3.05) is 32.8 Å². The van der Waals surface area contributed by atoms with E-state index in [1.165, 1.54) is 5.39 Å². The largest absolute Gasteiger partial charge is 0.396 e. The molecule has 4 rings (SSSR count). The Hall–Kier alpha value is -2.63. The summed E-state index contributed by atoms with van der Waals surface area (Å²) >= 11 is 0. The monoisotopic (exact) mass is 377 g/mol. The molecule has 1 saturated heterocycles. The summed E-state index contributed by atoms with van der Waals surface area (Å²) in [6, 6.07) is 16.1. The number of aliphatic hydroxyl groups excluding tert-OH is 1. The van der Waals surface area contributed by atoms with Gasteiger partial charge in [-0.3, -0.25) is 4.79 Å². The van der Waals surface area contributed by atoms with Gasteiger partial charge in [0.1, 0.15) is 0 Å². The van der Waals surface area contributed by atoms with Crippen LogP contribution in [0.1, 0.15) is 23.2 Å². The van der Waals surface area contributed by atoms with Crippen molar-refractivity contribution in [2.24, 2.45) is 5.92 Å². The number of hydrogen-bond donors (Lipinski definition) is 3. The van der Waals surface area contributed by atoms with Gasteiger partial charge in [-0.2, -0.15) is 0 Å². The zero-order chi connectivity index (χ0) is 19.3. The average Bonchev–Trinajstić information content (AvgIpc) is 3.22. The summed E-state index contributed by atoms with van der Waals surface area (Å²) < 4.78 is 0. The Morgan fingerprint density at radius 1 is 1.14 bits per heavy atom. The fraction of sp³-hybridized carbons (Fsp3) is 0.348. The van der Waals surface area contributed by atoms with Gasteiger partial charge in [0.25, 0.3) is 5.91 Å². The summed E-state index contributed by atoms with van der Waals surface area (Å²) in [7, 11) is 0. The molecule has 1 amide bonds. The summed E-state index contributed by atoms with van der Waals surface area (Å²) in [4.78, 5) is 17.9. The van der Waals surface area contributed by atoms with Crippen LogP contribution in [0, 0.1) is 5.92 Å². The van der Waals surface area contributed by atoms with Crippen molar-refractivity contribution < 1.29 is 9.90 Å². The predicted molar refractivity (Wildman–Crippen MR) is 112 cm³/mol. The van der Waals surface area contributed by atoms with E-state index in [1.54, 1.807) is 0 Å². The molecule has 0 radical (unpaired) electrons. The Morgan fingerprint density at radius 3 is 2.79 bits per heavy atom. The van der Waals surface area contributed by atoms with Crippen LogP contribution in [0.25, 0.3) is 22.0 Å². The number of rotatable bonds is 6. The lowest BCUT2D eigenvalue weighted by atomic mass is 9.99. The summed E-state index contributed by atoms with van der Waals surface area (Å²) in [5, 5.41) is 13.5. The van der Waals surface area contributed by atoms with Crippen LogP contribution in [0.3, 0.4) is 0 Å². The summed E-state index contributed by atoms with van der Waals surface area (Å²) in [5.74, 6) is 0.339. The first-order chi connectivity index (χ1) is 13.7. The Bertz CT molecular complexity index is 932. The number of piperidine rings is 1. The second-order valence-corrected chi connectivity index (χ2v) is 7.60. The van der Waals surface area contributed by atoms with Crippen molar-refractivity contribution >= 4 is 16.8 Å². The number of benzene rings is 2. The molecule has 3 aromatic rings. The van der Waals surface area contributed by atoms with Crippen LogP contribution in [0.15, 0.2) is 54.7 Å². The molecule has 146 valence electrons. The average molecular weight is 377 g/mol. The third-order valence-electron chi connectivity index (χ3n) is 5.61. The second kappa shape index (κ2) is 8.59. The lowest BCUT2D eigenvalue weighted by Gasteiger charge is -2.31. The van der Waals surface area contributed by atoms with E-state index in [0.717, 1.165) is 49.1 Å². The van der Waals surface area contributed by atoms with Crippen LogP contribution >= 0.6 is 0 Å². The van der Waals surface area contributed by atoms with Crippen molar-refractivity contribution in [3.8, 4) is 11.1 Å². The van der Waals surface area contributed by atoms with Crippen LogP contribution < -0.4 is 5.32 Å². The van der Waals surface area contributed by atoms with Crippen LogP contribution in [-0.4, -0.2) is 53.7 Å². The molecule has 5 heteroatoms. The lowest BCUT2D eigenvalue weighted by Crippen LogP contribution is -2.41. The van der Waals surface area contributed by atoms with Crippen molar-refractivity contribution in [3.63, 3.8) is 0 Å². The summed E-state index contributed by atoms with van der Waals surface area (Å²) in [6.45, 7) is 3.69. The molecule has 1 aliphatic rings. The fourth-order valence-electron chi connectivity index (χ4n) is 3.98. The highest BCUT2D eigenvalue weighted by Gasteiger charge is 2.18. The van der Waals surface area contributed by atoms with Crippen molar-refractivity contribution in [2.45, 2.75) is 12.8 Å². The predicted octanol–water partition coefficient (Wildman–Crippen LogP) is 3.27. The minimum absolute atomic E-state index is 0.0386. The minimum Gasteiger partial charge on any atom is -0.396 e. The zero-order valence-corrected chi connectivity index (χ0v) is 16.0. The number of amides is 1. The number of nitrogens with one attached hydrogen (secondary N) is 2. The normalized spacial score (nSPS) is 17.7. The third-order valence-corrected chi connectivity index (χ3v) is 5.61. The minimum atomic E-state index is -0.0386. The Morgan fingerprint density at radius 2 is 1.96 bits per heavy atom. The number of likely N-dealkylation sites (tertiary alicyclic amines) is 1. The molecule has 0 saturated carbocycles. The zero-order valence-electron chi connectivity index (χ0n) is 16.0. The maximum atomic E-state index is 12.4. The van der Waals surface area contributed by atoms with Crippen LogP contribution in [0.5, 0.6) is 0 Å². The van der Waals surface area contributed by atoms with Crippen molar-refractivity contribution in [1.82, 2.24) is 15.2 Å². The second-order valence-electron chi connectivity index (χ2n) is 7.60. The van der Waals surface area contributed by atoms with Gasteiger partial charge in [0.2, 0.25) is 0 Å². The SMILES string of the molecule is O=C(NCCN1CCC[C@H](CO)C1)c1ccc(-c2ccc3[nH]ccc3c2)cc1. The van der Waals surface area contributed by atoms with Crippen LogP contribution in [0.4, 0.5) is 0 Å². The number of fused-ring (bicyclic) bond motifs is 1. The Balaban J connectivity index is 1.32. The van der Waals surface area contributed by atoms with Crippen molar-refractivity contribution in [1.29, 1.82) is 0 Å². The maximum absolute atomic E-state index is 12.4. The number of nitrogens with zero attached hydrogens (tertiary/aromatic N) is 1. The molecule has 2 heterocycles. The number of H-pyrrole nitrogens is 1. The molecule has 0 bridgehead atoms. The Kier molecular flexibility index (Phi) is 5.74. The van der Waals surface area contributed by atoms with E-state index >= 15 is 0 Å². The number of hydrogen-bond acceptors (Lipinski definition) is 3. The number of carbonyl (C=O) groups excluding carboxylic acids is 1. The van der Waals surface area contributed by atoms with Gasteiger partial charge in [-0.1, -0.05) is 18.2 Å². The van der Waals surface area contributed by atoms with E-state index in [0.29, 0.717) is 18.0 Å². The van der Waals surface area contributed by atoms with E-state index in [2.05, 4.69) is 39.5 Å². The van der Waals surface area contributed by atoms with Gasteiger partial charge >= 0.3 is 0 Å². The number of aromatic amines is 1. The number of aromatic nitrogens is 1. The van der Waals surface area contributed by atoms with Crippen molar-refractivity contribution in [3.05, 3.63) is 60.3 Å². The molecule has 0 spiro atoms. The molecule has 1 aliphatic heterocycles. The molecule has 0 unspecified atom stereocenters. The number of aliphatic hydroxyl groups is 1. The molecule has 1 aromatic heterocycles. The third kappa shape index (κ3) is 4.26. The molecular formula is C23H27N3O2. The fourth-order valence-corrected chi connectivity index (χ4v) is 3.98. The van der Waals surface area contributed by atoms with Gasteiger partial charge in [0.15, 0.2) is 0 Å². The van der Waals surface area contributed by atoms with E-state index < -0.39 is 0 Å². The molecule has 1 atom stereocenters. The molecular weight excluding hydrogens is 350 g/mol. The molecule has 5 nitrogen and oxygen atoms in total. The first-order valence-corrected chi connectivity index (χ1v) is 10.0. The molecule has 0 aliphatic carbocycles. The maximum Gasteiger partial charge on any atom is 0.251 e. The first kappa shape index (κ1) is 18.7. The van der Waals surface area contributed by atoms with Gasteiger partial charge in [-0.05, 0) is 72.1 Å². The van der Waals surface area contributed by atoms with E-state index in [4.69, 9.17) is 0 Å². The standard InChI is InChI=1S/C23H27N3O2/c27-16-17-2-1-12-26(15-17)13-11-25-23(28)19-5-3-18(4-6-19)20-7-8-22-21(14-20)9-10-24-22/h3-10,14,17,24,27H,1-2,11-13,15-16H2,(H,25,28)/t17-/m0/s1. The summed E-state index contributed by atoms with van der Waals surface area (Å²) in [6.07, 6.45) is 4.16. The van der Waals surface area contributed by atoms with Gasteiger partial charge in [-0.25, -0.2) is 0 Å². The lowest BCUT2D eigenvalue weighted by molar-refractivity contribution is 0.0930. The topological polar surface area (TPSA) is 68.4 Å². The van der Waals surface area contributed by atoms with E-state index in [9.17, 15) is 9.90 Å². The summed E-state index contributed by atoms with van der Waals surface area (Å²) in [5.41, 5.74) is 4.04. The highest BCUT2D eigenvalue weighted by atomic mass is 16.3. The van der Waals surface area contributed by atoms with Gasteiger partial charge in [0, 0.05) is 43.5 Å². The Labute approximate surface area is 165 Å². The molecule has 2 aromatic carbocycles. The van der Waals surface area contributed by atoms with Gasteiger partial charge in [-0.15, -0.1) is 0 Å². The first-order valence-electron chi connectivity index (χ1n) is 10.0. The van der Waals surface area contributed by atoms with Gasteiger partial charge < -0.3 is 20.3 Å². The van der Waals surface area contributed by atoms with Crippen LogP contribution in [-0.2, 0) is 0 Å². The highest BCUT2D eigenvalue weighted by Crippen LogP contribution is 2.24. The molecule has 1 fully saturated rings. The number of carbonyl (C=O) groups is 1. The molecule has 28 heavy (non-hydrogen) atoms. The van der Waals surface area contributed by atoms with E-state index in [-0.39, 0.29) is 12.5 Å². The van der Waals surface area contributed by atoms with Gasteiger partial charge in [0.05, 0.1) is 0 Å².